The highest BCUT2D eigenvalue weighted by Gasteiger charge is 2.21. The Labute approximate surface area is 126 Å². The minimum absolute atomic E-state index is 0.0147. The monoisotopic (exact) mass is 343 g/mol. The van der Waals surface area contributed by atoms with Crippen LogP contribution in [0.4, 0.5) is 10.1 Å². The maximum atomic E-state index is 13.3. The molecule has 110 valence electrons. The van der Waals surface area contributed by atoms with E-state index in [1.165, 1.54) is 12.1 Å². The van der Waals surface area contributed by atoms with Crippen molar-refractivity contribution in [2.45, 2.75) is 25.8 Å². The fourth-order valence-electron chi connectivity index (χ4n) is 2.40. The van der Waals surface area contributed by atoms with Gasteiger partial charge in [-0.15, -0.1) is 0 Å². The molecule has 0 bridgehead atoms. The Morgan fingerprint density at radius 3 is 2.75 bits per heavy atom. The molecule has 3 N–H and O–H groups in total. The van der Waals surface area contributed by atoms with Gasteiger partial charge in [-0.1, -0.05) is 6.92 Å². The highest BCUT2D eigenvalue weighted by Crippen LogP contribution is 2.23. The van der Waals surface area contributed by atoms with Crippen LogP contribution in [0.2, 0.25) is 0 Å². The number of piperidine rings is 1. The van der Waals surface area contributed by atoms with Crippen molar-refractivity contribution in [2.75, 3.05) is 25.4 Å². The first-order chi connectivity index (χ1) is 9.51. The Kier molecular flexibility index (Phi) is 4.99. The molecule has 0 spiro atoms. The lowest BCUT2D eigenvalue weighted by Gasteiger charge is -2.31. The first kappa shape index (κ1) is 15.3. The smallest absolute Gasteiger partial charge is 0.252 e. The fourth-order valence-corrected chi connectivity index (χ4v) is 2.89. The number of benzene rings is 1. The summed E-state index contributed by atoms with van der Waals surface area (Å²) < 4.78 is 13.7. The Balaban J connectivity index is 2.01. The highest BCUT2D eigenvalue weighted by molar-refractivity contribution is 9.10. The van der Waals surface area contributed by atoms with Crippen LogP contribution in [0, 0.1) is 5.82 Å². The summed E-state index contributed by atoms with van der Waals surface area (Å²) in [5.74, 6) is -0.733. The van der Waals surface area contributed by atoms with Crippen LogP contribution in [-0.2, 0) is 0 Å². The van der Waals surface area contributed by atoms with Crippen molar-refractivity contribution in [1.82, 2.24) is 10.2 Å². The van der Waals surface area contributed by atoms with Gasteiger partial charge in [0.25, 0.3) is 5.91 Å². The van der Waals surface area contributed by atoms with Crippen LogP contribution in [0.3, 0.4) is 0 Å². The lowest BCUT2D eigenvalue weighted by molar-refractivity contribution is 0.0912. The predicted molar refractivity (Wildman–Crippen MR) is 81.1 cm³/mol. The van der Waals surface area contributed by atoms with E-state index < -0.39 is 5.82 Å². The number of hydrogen-bond acceptors (Lipinski definition) is 3. The average molecular weight is 344 g/mol. The summed E-state index contributed by atoms with van der Waals surface area (Å²) >= 11 is 3.20. The summed E-state index contributed by atoms with van der Waals surface area (Å²) in [6.07, 6.45) is 1.88. The van der Waals surface area contributed by atoms with E-state index in [2.05, 4.69) is 33.1 Å². The number of halogens is 2. The van der Waals surface area contributed by atoms with Gasteiger partial charge in [-0.25, -0.2) is 4.39 Å². The summed E-state index contributed by atoms with van der Waals surface area (Å²) in [6, 6.07) is 2.77. The zero-order valence-corrected chi connectivity index (χ0v) is 13.0. The summed E-state index contributed by atoms with van der Waals surface area (Å²) in [7, 11) is 0. The van der Waals surface area contributed by atoms with Gasteiger partial charge in [-0.2, -0.15) is 0 Å². The van der Waals surface area contributed by atoms with Crippen molar-refractivity contribution in [3.63, 3.8) is 0 Å². The molecule has 0 aromatic heterocycles. The Morgan fingerprint density at radius 2 is 2.15 bits per heavy atom. The van der Waals surface area contributed by atoms with Crippen LogP contribution in [0.25, 0.3) is 0 Å². The van der Waals surface area contributed by atoms with Gasteiger partial charge in [0.15, 0.2) is 0 Å². The Morgan fingerprint density at radius 1 is 1.50 bits per heavy atom. The third kappa shape index (κ3) is 3.49. The van der Waals surface area contributed by atoms with Gasteiger partial charge in [0.2, 0.25) is 0 Å². The molecular weight excluding hydrogens is 325 g/mol. The minimum atomic E-state index is -0.523. The fraction of sp³-hybridized carbons (Fsp3) is 0.500. The number of carbonyl (C=O) groups excluding carboxylic acids is 1. The number of nitrogens with zero attached hydrogens (tertiary/aromatic N) is 1. The predicted octanol–water partition coefficient (Wildman–Crippen LogP) is 2.38. The summed E-state index contributed by atoms with van der Waals surface area (Å²) in [5.41, 5.74) is 5.88. The van der Waals surface area contributed by atoms with E-state index in [1.54, 1.807) is 0 Å². The van der Waals surface area contributed by atoms with Crippen molar-refractivity contribution in [3.8, 4) is 0 Å². The number of amides is 1. The first-order valence-electron chi connectivity index (χ1n) is 6.79. The van der Waals surface area contributed by atoms with Crippen LogP contribution in [0.1, 0.15) is 30.1 Å². The summed E-state index contributed by atoms with van der Waals surface area (Å²) in [5, 5.41) is 2.99. The Hall–Kier alpha value is -1.14. The van der Waals surface area contributed by atoms with E-state index >= 15 is 0 Å². The maximum Gasteiger partial charge on any atom is 0.252 e. The molecule has 1 heterocycles. The largest absolute Gasteiger partial charge is 0.396 e. The quantitative estimate of drug-likeness (QED) is 0.828. The van der Waals surface area contributed by atoms with E-state index in [-0.39, 0.29) is 17.6 Å². The van der Waals surface area contributed by atoms with Crippen molar-refractivity contribution in [2.24, 2.45) is 0 Å². The molecule has 1 aromatic carbocycles. The number of nitrogens with two attached hydrogens (primary N) is 1. The van der Waals surface area contributed by atoms with Crippen molar-refractivity contribution in [3.05, 3.63) is 28.0 Å². The van der Waals surface area contributed by atoms with Crippen LogP contribution >= 0.6 is 15.9 Å². The van der Waals surface area contributed by atoms with Crippen molar-refractivity contribution in [1.29, 1.82) is 0 Å². The van der Waals surface area contributed by atoms with Gasteiger partial charge >= 0.3 is 0 Å². The van der Waals surface area contributed by atoms with Crippen molar-refractivity contribution < 1.29 is 9.18 Å². The van der Waals surface area contributed by atoms with E-state index in [0.717, 1.165) is 32.5 Å². The normalized spacial score (nSPS) is 17.1. The molecule has 0 unspecified atom stereocenters. The lowest BCUT2D eigenvalue weighted by Crippen LogP contribution is -2.44. The molecule has 1 aliphatic rings. The molecule has 1 amide bonds. The molecule has 0 saturated carbocycles. The number of rotatable bonds is 3. The van der Waals surface area contributed by atoms with E-state index in [1.807, 2.05) is 0 Å². The molecule has 4 nitrogen and oxygen atoms in total. The molecular formula is C14H19BrFN3O. The zero-order valence-electron chi connectivity index (χ0n) is 11.5. The molecule has 1 aromatic rings. The van der Waals surface area contributed by atoms with Crippen LogP contribution in [0.15, 0.2) is 16.6 Å². The van der Waals surface area contributed by atoms with E-state index in [9.17, 15) is 9.18 Å². The molecule has 20 heavy (non-hydrogen) atoms. The minimum Gasteiger partial charge on any atom is -0.396 e. The van der Waals surface area contributed by atoms with Crippen LogP contribution in [0.5, 0.6) is 0 Å². The molecule has 0 aliphatic carbocycles. The van der Waals surface area contributed by atoms with Crippen LogP contribution in [-0.4, -0.2) is 36.5 Å². The molecule has 1 aliphatic heterocycles. The van der Waals surface area contributed by atoms with Gasteiger partial charge < -0.3 is 16.0 Å². The zero-order chi connectivity index (χ0) is 14.7. The standard InChI is InChI=1S/C14H19BrFN3O/c1-2-19-5-3-9(4-6-19)18-14(20)10-7-13(17)12(16)8-11(10)15/h7-9H,2-6,17H2,1H3,(H,18,20). The number of nitrogen functional groups attached to an aromatic ring is 1. The van der Waals surface area contributed by atoms with Crippen LogP contribution < -0.4 is 11.1 Å². The van der Waals surface area contributed by atoms with E-state index in [0.29, 0.717) is 10.0 Å². The first-order valence-corrected chi connectivity index (χ1v) is 7.58. The highest BCUT2D eigenvalue weighted by atomic mass is 79.9. The maximum absolute atomic E-state index is 13.3. The Bertz CT molecular complexity index is 501. The van der Waals surface area contributed by atoms with Gasteiger partial charge in [-0.3, -0.25) is 4.79 Å². The number of nitrogens with one attached hydrogen (secondary N) is 1. The molecule has 1 saturated heterocycles. The van der Waals surface area contributed by atoms with E-state index in [4.69, 9.17) is 5.73 Å². The second-order valence-corrected chi connectivity index (χ2v) is 5.89. The molecule has 0 radical (unpaired) electrons. The SMILES string of the molecule is CCN1CCC(NC(=O)c2cc(N)c(F)cc2Br)CC1. The van der Waals surface area contributed by atoms with Gasteiger partial charge in [0, 0.05) is 23.6 Å². The summed E-state index contributed by atoms with van der Waals surface area (Å²) in [6.45, 7) is 5.17. The van der Waals surface area contributed by atoms with Crippen molar-refractivity contribution >= 4 is 27.5 Å². The molecule has 2 rings (SSSR count). The third-order valence-electron chi connectivity index (χ3n) is 3.70. The lowest BCUT2D eigenvalue weighted by atomic mass is 10.0. The van der Waals surface area contributed by atoms with Gasteiger partial charge in [0.1, 0.15) is 5.82 Å². The average Bonchev–Trinajstić information content (AvgIpc) is 2.43. The number of anilines is 1. The van der Waals surface area contributed by atoms with Gasteiger partial charge in [-0.05, 0) is 47.4 Å². The molecule has 0 atom stereocenters. The topological polar surface area (TPSA) is 58.4 Å². The third-order valence-corrected chi connectivity index (χ3v) is 4.36. The second-order valence-electron chi connectivity index (χ2n) is 5.04. The second kappa shape index (κ2) is 6.54. The molecule has 1 fully saturated rings. The summed E-state index contributed by atoms with van der Waals surface area (Å²) in [4.78, 5) is 14.6. The number of carbonyl (C=O) groups is 1. The number of hydrogen-bond donors (Lipinski definition) is 2. The number of likely N-dealkylation sites (tertiary alicyclic amines) is 1. The molecule has 6 heteroatoms. The van der Waals surface area contributed by atoms with Gasteiger partial charge in [0.05, 0.1) is 11.3 Å².